The standard InChI is InChI=1S/C15H12BrClN2S/c1-7-4-5-10(16)12-13(7)18-15(19-14(12)17)11-6-8(2)9(3)20-11/h4-6H,1-3H3. The second kappa shape index (κ2) is 5.10. The molecule has 2 nitrogen and oxygen atoms in total. The summed E-state index contributed by atoms with van der Waals surface area (Å²) in [6.45, 7) is 6.24. The van der Waals surface area contributed by atoms with Crippen molar-refractivity contribution in [3.05, 3.63) is 43.8 Å². The molecule has 0 spiro atoms. The molecule has 0 aliphatic carbocycles. The molecule has 0 bridgehead atoms. The van der Waals surface area contributed by atoms with Crippen molar-refractivity contribution in [1.82, 2.24) is 9.97 Å². The highest BCUT2D eigenvalue weighted by atomic mass is 79.9. The molecule has 3 aromatic rings. The lowest BCUT2D eigenvalue weighted by atomic mass is 10.1. The van der Waals surface area contributed by atoms with E-state index in [4.69, 9.17) is 16.6 Å². The van der Waals surface area contributed by atoms with Gasteiger partial charge < -0.3 is 0 Å². The number of hydrogen-bond donors (Lipinski definition) is 0. The summed E-state index contributed by atoms with van der Waals surface area (Å²) in [6, 6.07) is 6.13. The number of rotatable bonds is 1. The van der Waals surface area contributed by atoms with Gasteiger partial charge in [-0.2, -0.15) is 0 Å². The van der Waals surface area contributed by atoms with E-state index in [0.29, 0.717) is 11.0 Å². The summed E-state index contributed by atoms with van der Waals surface area (Å²) in [4.78, 5) is 11.5. The molecule has 5 heteroatoms. The normalized spacial score (nSPS) is 11.2. The highest BCUT2D eigenvalue weighted by molar-refractivity contribution is 9.10. The molecule has 0 amide bonds. The predicted octanol–water partition coefficient (Wildman–Crippen LogP) is 5.70. The molecule has 0 unspecified atom stereocenters. The summed E-state index contributed by atoms with van der Waals surface area (Å²) < 4.78 is 0.924. The lowest BCUT2D eigenvalue weighted by Crippen LogP contribution is -1.93. The van der Waals surface area contributed by atoms with Gasteiger partial charge >= 0.3 is 0 Å². The summed E-state index contributed by atoms with van der Waals surface area (Å²) >= 11 is 11.6. The molecule has 3 rings (SSSR count). The lowest BCUT2D eigenvalue weighted by molar-refractivity contribution is 1.22. The largest absolute Gasteiger partial charge is 0.227 e. The Morgan fingerprint density at radius 1 is 1.10 bits per heavy atom. The van der Waals surface area contributed by atoms with E-state index < -0.39 is 0 Å². The van der Waals surface area contributed by atoms with Gasteiger partial charge in [-0.15, -0.1) is 11.3 Å². The van der Waals surface area contributed by atoms with Crippen LogP contribution in [0.5, 0.6) is 0 Å². The zero-order valence-corrected chi connectivity index (χ0v) is 14.4. The minimum absolute atomic E-state index is 0.490. The van der Waals surface area contributed by atoms with Gasteiger partial charge in [0.05, 0.1) is 15.8 Å². The molecule has 1 aromatic carbocycles. The van der Waals surface area contributed by atoms with Crippen molar-refractivity contribution in [2.45, 2.75) is 20.8 Å². The first-order valence-corrected chi connectivity index (χ1v) is 8.16. The smallest absolute Gasteiger partial charge is 0.171 e. The fourth-order valence-electron chi connectivity index (χ4n) is 2.08. The Morgan fingerprint density at radius 3 is 2.50 bits per heavy atom. The maximum absolute atomic E-state index is 6.36. The van der Waals surface area contributed by atoms with E-state index in [0.717, 1.165) is 25.8 Å². The van der Waals surface area contributed by atoms with Gasteiger partial charge in [-0.25, -0.2) is 9.97 Å². The van der Waals surface area contributed by atoms with Crippen LogP contribution in [0.4, 0.5) is 0 Å². The van der Waals surface area contributed by atoms with Crippen molar-refractivity contribution < 1.29 is 0 Å². The van der Waals surface area contributed by atoms with Crippen LogP contribution >= 0.6 is 38.9 Å². The molecule has 0 N–H and O–H groups in total. The summed E-state index contributed by atoms with van der Waals surface area (Å²) in [7, 11) is 0. The number of aromatic nitrogens is 2. The van der Waals surface area contributed by atoms with E-state index in [-0.39, 0.29) is 0 Å². The van der Waals surface area contributed by atoms with Crippen LogP contribution in [0.3, 0.4) is 0 Å². The van der Waals surface area contributed by atoms with Crippen molar-refractivity contribution >= 4 is 49.8 Å². The number of fused-ring (bicyclic) bond motifs is 1. The number of halogens is 2. The van der Waals surface area contributed by atoms with Crippen molar-refractivity contribution in [3.63, 3.8) is 0 Å². The van der Waals surface area contributed by atoms with Crippen LogP contribution in [0.2, 0.25) is 5.15 Å². The third-order valence-electron chi connectivity index (χ3n) is 3.34. The van der Waals surface area contributed by atoms with Gasteiger partial charge in [0.2, 0.25) is 0 Å². The van der Waals surface area contributed by atoms with Gasteiger partial charge in [-0.1, -0.05) is 17.7 Å². The van der Waals surface area contributed by atoms with Gasteiger partial charge in [0.15, 0.2) is 5.82 Å². The maximum Gasteiger partial charge on any atom is 0.171 e. The average Bonchev–Trinajstić information content (AvgIpc) is 2.74. The van der Waals surface area contributed by atoms with Crippen LogP contribution in [0.1, 0.15) is 16.0 Å². The Hall–Kier alpha value is -0.970. The molecule has 0 atom stereocenters. The van der Waals surface area contributed by atoms with E-state index in [1.54, 1.807) is 11.3 Å². The van der Waals surface area contributed by atoms with Gasteiger partial charge in [0.1, 0.15) is 5.15 Å². The third-order valence-corrected chi connectivity index (χ3v) is 5.43. The highest BCUT2D eigenvalue weighted by Crippen LogP contribution is 2.34. The molecule has 0 fully saturated rings. The number of benzene rings is 1. The summed E-state index contributed by atoms with van der Waals surface area (Å²) in [5, 5.41) is 1.37. The molecular weight excluding hydrogens is 356 g/mol. The summed E-state index contributed by atoms with van der Waals surface area (Å²) in [6.07, 6.45) is 0. The van der Waals surface area contributed by atoms with Crippen LogP contribution in [0.15, 0.2) is 22.7 Å². The number of aryl methyl sites for hydroxylation is 3. The first-order valence-electron chi connectivity index (χ1n) is 6.17. The molecule has 0 aliphatic rings. The SMILES string of the molecule is Cc1cc(-c2nc(Cl)c3c(Br)ccc(C)c3n2)sc1C. The zero-order chi connectivity index (χ0) is 14.4. The predicted molar refractivity (Wildman–Crippen MR) is 89.8 cm³/mol. The topological polar surface area (TPSA) is 25.8 Å². The maximum atomic E-state index is 6.36. The molecule has 0 aliphatic heterocycles. The van der Waals surface area contributed by atoms with Crippen molar-refractivity contribution in [2.75, 3.05) is 0 Å². The minimum Gasteiger partial charge on any atom is -0.227 e. The molecule has 0 saturated carbocycles. The molecular formula is C15H12BrClN2S. The number of nitrogens with zero attached hydrogens (tertiary/aromatic N) is 2. The highest BCUT2D eigenvalue weighted by Gasteiger charge is 2.14. The molecule has 20 heavy (non-hydrogen) atoms. The first-order chi connectivity index (χ1) is 9.47. The fraction of sp³-hybridized carbons (Fsp3) is 0.200. The zero-order valence-electron chi connectivity index (χ0n) is 11.3. The number of hydrogen-bond acceptors (Lipinski definition) is 3. The van der Waals surface area contributed by atoms with E-state index in [1.807, 2.05) is 19.1 Å². The quantitative estimate of drug-likeness (QED) is 0.516. The average molecular weight is 368 g/mol. The fourth-order valence-corrected chi connectivity index (χ4v) is 3.95. The van der Waals surface area contributed by atoms with Crippen molar-refractivity contribution in [2.24, 2.45) is 0 Å². The molecule has 0 saturated heterocycles. The Morgan fingerprint density at radius 2 is 1.85 bits per heavy atom. The van der Waals surface area contributed by atoms with E-state index >= 15 is 0 Å². The van der Waals surface area contributed by atoms with Crippen LogP contribution in [0.25, 0.3) is 21.6 Å². The molecule has 2 heterocycles. The van der Waals surface area contributed by atoms with E-state index in [2.05, 4.69) is 40.8 Å². The van der Waals surface area contributed by atoms with Crippen LogP contribution in [-0.2, 0) is 0 Å². The lowest BCUT2D eigenvalue weighted by Gasteiger charge is -2.07. The van der Waals surface area contributed by atoms with E-state index in [1.165, 1.54) is 10.4 Å². The number of thiophene rings is 1. The van der Waals surface area contributed by atoms with Gasteiger partial charge in [0, 0.05) is 9.35 Å². The summed E-state index contributed by atoms with van der Waals surface area (Å²) in [5.74, 6) is 0.699. The van der Waals surface area contributed by atoms with Crippen LogP contribution in [0, 0.1) is 20.8 Å². The Labute approximate surface area is 135 Å². The summed E-state index contributed by atoms with van der Waals surface area (Å²) in [5.41, 5.74) is 3.26. The van der Waals surface area contributed by atoms with Crippen molar-refractivity contribution in [3.8, 4) is 10.7 Å². The van der Waals surface area contributed by atoms with Crippen LogP contribution in [-0.4, -0.2) is 9.97 Å². The Balaban J connectivity index is 2.32. The second-order valence-electron chi connectivity index (χ2n) is 4.78. The first kappa shape index (κ1) is 14.0. The van der Waals surface area contributed by atoms with Gasteiger partial charge in [-0.05, 0) is 60.0 Å². The monoisotopic (exact) mass is 366 g/mol. The second-order valence-corrected chi connectivity index (χ2v) is 7.24. The molecule has 0 radical (unpaired) electrons. The van der Waals surface area contributed by atoms with Crippen LogP contribution < -0.4 is 0 Å². The Kier molecular flexibility index (Phi) is 3.56. The van der Waals surface area contributed by atoms with E-state index in [9.17, 15) is 0 Å². The van der Waals surface area contributed by atoms with Crippen molar-refractivity contribution in [1.29, 1.82) is 0 Å². The minimum atomic E-state index is 0.490. The molecule has 2 aromatic heterocycles. The third kappa shape index (κ3) is 2.26. The molecule has 102 valence electrons. The van der Waals surface area contributed by atoms with Gasteiger partial charge in [0.25, 0.3) is 0 Å². The van der Waals surface area contributed by atoms with Gasteiger partial charge in [-0.3, -0.25) is 0 Å². The Bertz CT molecular complexity index is 807.